The number of piperazine rings is 1. The summed E-state index contributed by atoms with van der Waals surface area (Å²) in [6.45, 7) is 6.16. The van der Waals surface area contributed by atoms with Crippen LogP contribution in [0.1, 0.15) is 44.1 Å². The summed E-state index contributed by atoms with van der Waals surface area (Å²) < 4.78 is 30.9. The Balaban J connectivity index is 1.00. The maximum Gasteiger partial charge on any atom is 0.186 e. The van der Waals surface area contributed by atoms with Gasteiger partial charge in [-0.3, -0.25) is 4.90 Å². The molecular weight excluding hydrogens is 710 g/mol. The van der Waals surface area contributed by atoms with Crippen molar-refractivity contribution in [2.45, 2.75) is 131 Å². The lowest BCUT2D eigenvalue weighted by Crippen LogP contribution is -2.68. The molecule has 14 N–H and O–H groups in total. The highest BCUT2D eigenvalue weighted by molar-refractivity contribution is 5.85. The van der Waals surface area contributed by atoms with Gasteiger partial charge in [0.2, 0.25) is 0 Å². The molecule has 310 valence electrons. The molecule has 3 heterocycles. The van der Waals surface area contributed by atoms with Gasteiger partial charge in [0.05, 0.1) is 30.9 Å². The Labute approximate surface area is 324 Å². The van der Waals surface area contributed by atoms with Gasteiger partial charge in [-0.05, 0) is 48.6 Å². The highest BCUT2D eigenvalue weighted by Gasteiger charge is 2.51. The number of unbranched alkanes of at least 4 members (excludes halogenated alkanes) is 3. The van der Waals surface area contributed by atoms with Crippen molar-refractivity contribution in [3.05, 3.63) is 48.0 Å². The zero-order valence-corrected chi connectivity index (χ0v) is 31.8. The van der Waals surface area contributed by atoms with E-state index in [2.05, 4.69) is 52.3 Å². The number of rotatable bonds is 16. The molecule has 1 aliphatic carbocycles. The van der Waals surface area contributed by atoms with Gasteiger partial charge in [-0.2, -0.15) is 0 Å². The number of hydrogen-bond donors (Lipinski definition) is 9. The van der Waals surface area contributed by atoms with Crippen molar-refractivity contribution in [1.29, 1.82) is 0 Å². The summed E-state index contributed by atoms with van der Waals surface area (Å²) in [4.78, 5) is 5.09. The van der Waals surface area contributed by atoms with Crippen LogP contribution < -0.4 is 28.7 Å². The first-order valence-corrected chi connectivity index (χ1v) is 20.1. The Bertz CT molecular complexity index is 1450. The third kappa shape index (κ3) is 10.6. The van der Waals surface area contributed by atoms with Crippen LogP contribution in [-0.4, -0.2) is 168 Å². The molecule has 4 aliphatic rings. The maximum atomic E-state index is 10.9. The molecule has 55 heavy (non-hydrogen) atoms. The molecule has 4 fully saturated rings. The van der Waals surface area contributed by atoms with Gasteiger partial charge in [0.15, 0.2) is 12.6 Å². The average Bonchev–Trinajstić information content (AvgIpc) is 3.18. The fraction of sp³-hybridized carbons (Fsp3) is 0.744. The van der Waals surface area contributed by atoms with Crippen LogP contribution in [0.2, 0.25) is 0 Å². The Morgan fingerprint density at radius 2 is 1.35 bits per heavy atom. The molecule has 0 aromatic heterocycles. The molecule has 2 aromatic rings. The highest BCUT2D eigenvalue weighted by atomic mass is 16.7. The van der Waals surface area contributed by atoms with Crippen LogP contribution in [0.4, 0.5) is 0 Å². The van der Waals surface area contributed by atoms with Gasteiger partial charge in [-0.1, -0.05) is 55.3 Å². The second kappa shape index (κ2) is 20.2. The van der Waals surface area contributed by atoms with Gasteiger partial charge in [0.1, 0.15) is 36.6 Å². The van der Waals surface area contributed by atoms with Crippen LogP contribution in [-0.2, 0) is 30.2 Å². The van der Waals surface area contributed by atoms with E-state index < -0.39 is 92.2 Å². The van der Waals surface area contributed by atoms with Crippen LogP contribution in [0.25, 0.3) is 10.8 Å². The molecular formula is C39H65N7O9. The Kier molecular flexibility index (Phi) is 15.6. The van der Waals surface area contributed by atoms with E-state index in [9.17, 15) is 20.4 Å². The number of aliphatic hydroxyl groups excluding tert-OH is 4. The van der Waals surface area contributed by atoms with Crippen LogP contribution in [0.3, 0.4) is 0 Å². The molecule has 2 aromatic carbocycles. The number of hydrogen-bond acceptors (Lipinski definition) is 16. The van der Waals surface area contributed by atoms with Gasteiger partial charge in [-0.25, -0.2) is 0 Å². The van der Waals surface area contributed by atoms with Gasteiger partial charge in [0, 0.05) is 58.0 Å². The van der Waals surface area contributed by atoms with Crippen LogP contribution in [0, 0.1) is 0 Å². The van der Waals surface area contributed by atoms with Gasteiger partial charge >= 0.3 is 0 Å². The summed E-state index contributed by atoms with van der Waals surface area (Å²) >= 11 is 0. The predicted octanol–water partition coefficient (Wildman–Crippen LogP) is -1.74. The zero-order chi connectivity index (χ0) is 39.1. The molecule has 1 saturated carbocycles. The molecule has 0 unspecified atom stereocenters. The summed E-state index contributed by atoms with van der Waals surface area (Å²) in [5, 5.41) is 44.1. The predicted molar refractivity (Wildman–Crippen MR) is 206 cm³/mol. The second-order valence-electron chi connectivity index (χ2n) is 15.8. The fourth-order valence-electron chi connectivity index (χ4n) is 8.45. The Morgan fingerprint density at radius 3 is 2.07 bits per heavy atom. The molecule has 0 amide bonds. The molecule has 0 radical (unpaired) electrons. The van der Waals surface area contributed by atoms with E-state index in [4.69, 9.17) is 52.4 Å². The molecule has 14 atom stereocenters. The molecule has 0 spiro atoms. The van der Waals surface area contributed by atoms with E-state index >= 15 is 0 Å². The van der Waals surface area contributed by atoms with Gasteiger partial charge in [0.25, 0.3) is 0 Å². The molecule has 3 saturated heterocycles. The van der Waals surface area contributed by atoms with Crippen molar-refractivity contribution >= 4 is 10.8 Å². The smallest absolute Gasteiger partial charge is 0.186 e. The van der Waals surface area contributed by atoms with Crippen LogP contribution in [0.15, 0.2) is 42.5 Å². The van der Waals surface area contributed by atoms with E-state index in [0.717, 1.165) is 65.0 Å². The van der Waals surface area contributed by atoms with Gasteiger partial charge < -0.3 is 77.7 Å². The molecule has 6 rings (SSSR count). The number of nitrogens with two attached hydrogens (primary N) is 5. The second-order valence-corrected chi connectivity index (χ2v) is 15.8. The standard InChI is InChI=1S/C39H65N7O9/c40-20-30-29(48)19-28(43)38(52-30)54-35-26(41)18-27(42)36(55-39-34(50)32(44)33(49)31(22-47)53-39)37(35)51-17-6-2-1-5-12-45-13-15-46(16-14-45)21-24-10-7-9-23-8-3-4-11-25(23)24/h3-4,7-11,26-39,47-50H,1-2,5-6,12-22,40-44H2/t26-,27+,28+,29-,30+,31+,32-,33+,34+,35+,36-,37-,38+,39+/m0/s1. The van der Waals surface area contributed by atoms with Crippen LogP contribution >= 0.6 is 0 Å². The first-order valence-electron chi connectivity index (χ1n) is 20.1. The number of nitrogens with zero attached hydrogens (tertiary/aromatic N) is 2. The molecule has 16 heteroatoms. The summed E-state index contributed by atoms with van der Waals surface area (Å²) in [6.07, 6.45) is -5.63. The SMILES string of the molecule is NC[C@H]1O[C@H](O[C@H]2[C@H](OCCCCCCN3CCN(Cc4cccc5ccccc45)CC3)[C@@H](O[C@H]3O[C@H](CO)[C@@H](O)[C@H](N)[C@H]3O)[C@H](N)C[C@@H]2N)[C@H](N)C[C@@H]1O. The van der Waals surface area contributed by atoms with Crippen molar-refractivity contribution in [3.63, 3.8) is 0 Å². The van der Waals surface area contributed by atoms with E-state index in [1.807, 2.05) is 0 Å². The summed E-state index contributed by atoms with van der Waals surface area (Å²) in [7, 11) is 0. The monoisotopic (exact) mass is 775 g/mol. The fourth-order valence-corrected chi connectivity index (χ4v) is 8.45. The van der Waals surface area contributed by atoms with Gasteiger partial charge in [-0.15, -0.1) is 0 Å². The van der Waals surface area contributed by atoms with E-state index in [-0.39, 0.29) is 19.4 Å². The quantitative estimate of drug-likeness (QED) is 0.0858. The molecule has 0 bridgehead atoms. The third-order valence-electron chi connectivity index (χ3n) is 11.8. The van der Waals surface area contributed by atoms with E-state index in [1.54, 1.807) is 0 Å². The highest BCUT2D eigenvalue weighted by Crippen LogP contribution is 2.33. The summed E-state index contributed by atoms with van der Waals surface area (Å²) in [6, 6.07) is 12.1. The first kappa shape index (κ1) is 42.7. The van der Waals surface area contributed by atoms with Crippen molar-refractivity contribution in [2.75, 3.05) is 52.5 Å². The lowest BCUT2D eigenvalue weighted by atomic mass is 9.84. The molecule has 3 aliphatic heterocycles. The first-order chi connectivity index (χ1) is 26.6. The number of benzene rings is 2. The number of aliphatic hydroxyl groups is 4. The van der Waals surface area contributed by atoms with Crippen molar-refractivity contribution < 1.29 is 44.1 Å². The topological polar surface area (TPSA) is 264 Å². The minimum absolute atomic E-state index is 0.0815. The minimum atomic E-state index is -1.41. The number of fused-ring (bicyclic) bond motifs is 1. The van der Waals surface area contributed by atoms with E-state index in [1.165, 1.54) is 16.3 Å². The summed E-state index contributed by atoms with van der Waals surface area (Å²) in [5.41, 5.74) is 32.9. The largest absolute Gasteiger partial charge is 0.394 e. The average molecular weight is 776 g/mol. The molecule has 16 nitrogen and oxygen atoms in total. The maximum absolute atomic E-state index is 10.9. The van der Waals surface area contributed by atoms with Crippen molar-refractivity contribution in [2.24, 2.45) is 28.7 Å². The Hall–Kier alpha value is -1.94. The van der Waals surface area contributed by atoms with Crippen molar-refractivity contribution in [1.82, 2.24) is 9.80 Å². The van der Waals surface area contributed by atoms with Crippen molar-refractivity contribution in [3.8, 4) is 0 Å². The van der Waals surface area contributed by atoms with Crippen LogP contribution in [0.5, 0.6) is 0 Å². The third-order valence-corrected chi connectivity index (χ3v) is 11.8. The minimum Gasteiger partial charge on any atom is -0.394 e. The number of ether oxygens (including phenoxy) is 5. The lowest BCUT2D eigenvalue weighted by Gasteiger charge is -2.49. The Morgan fingerprint density at radius 1 is 0.691 bits per heavy atom. The lowest BCUT2D eigenvalue weighted by molar-refractivity contribution is -0.318. The summed E-state index contributed by atoms with van der Waals surface area (Å²) in [5.74, 6) is 0. The zero-order valence-electron chi connectivity index (χ0n) is 31.8. The normalized spacial score (nSPS) is 38.1. The van der Waals surface area contributed by atoms with E-state index in [0.29, 0.717) is 6.61 Å².